The van der Waals surface area contributed by atoms with Gasteiger partial charge in [0.25, 0.3) is 8.32 Å². The van der Waals surface area contributed by atoms with Crippen molar-refractivity contribution in [2.24, 2.45) is 5.92 Å². The summed E-state index contributed by atoms with van der Waals surface area (Å²) in [5.41, 5.74) is 0. The summed E-state index contributed by atoms with van der Waals surface area (Å²) in [6, 6.07) is 21.3. The molecule has 1 aliphatic rings. The first kappa shape index (κ1) is 18.1. The Labute approximate surface area is 152 Å². The number of hydrogen-bond acceptors (Lipinski definition) is 2. The summed E-state index contributed by atoms with van der Waals surface area (Å²) < 4.78 is 7.05. The Balaban J connectivity index is 2.17. The van der Waals surface area contributed by atoms with Crippen molar-refractivity contribution in [3.05, 3.63) is 60.7 Å². The van der Waals surface area contributed by atoms with Crippen molar-refractivity contribution in [1.29, 1.82) is 0 Å². The molecule has 0 N–H and O–H groups in total. The van der Waals surface area contributed by atoms with Crippen LogP contribution in [0.1, 0.15) is 40.0 Å². The lowest BCUT2D eigenvalue weighted by atomic mass is 10.1. The van der Waals surface area contributed by atoms with Gasteiger partial charge in [0.15, 0.2) is 0 Å². The van der Waals surface area contributed by atoms with Crippen LogP contribution in [0.15, 0.2) is 60.7 Å². The molecule has 3 heteroatoms. The molecule has 0 unspecified atom stereocenters. The Morgan fingerprint density at radius 2 is 1.44 bits per heavy atom. The van der Waals surface area contributed by atoms with Crippen LogP contribution in [-0.2, 0) is 9.22 Å². The maximum atomic E-state index is 11.6. The fourth-order valence-corrected chi connectivity index (χ4v) is 8.94. The second kappa shape index (κ2) is 7.26. The van der Waals surface area contributed by atoms with Crippen molar-refractivity contribution in [3.63, 3.8) is 0 Å². The van der Waals surface area contributed by atoms with Crippen LogP contribution in [-0.4, -0.2) is 20.7 Å². The number of carbonyl (C=O) groups excluding carboxylic acids is 1. The molecular weight excluding hydrogens is 324 g/mol. The SMILES string of the molecule is CC(C)(C)[Si](O[C@H]1CCC[C@H]1C=O)(c1ccccc1)c1ccccc1. The average Bonchev–Trinajstić information content (AvgIpc) is 3.07. The largest absolute Gasteiger partial charge is 0.404 e. The summed E-state index contributed by atoms with van der Waals surface area (Å²) in [7, 11) is -2.53. The predicted molar refractivity (Wildman–Crippen MR) is 106 cm³/mol. The lowest BCUT2D eigenvalue weighted by Gasteiger charge is -2.45. The summed E-state index contributed by atoms with van der Waals surface area (Å²) >= 11 is 0. The number of hydrogen-bond donors (Lipinski definition) is 0. The zero-order valence-electron chi connectivity index (χ0n) is 15.4. The maximum absolute atomic E-state index is 11.6. The Hall–Kier alpha value is -1.71. The first-order valence-electron chi connectivity index (χ1n) is 9.23. The fraction of sp³-hybridized carbons (Fsp3) is 0.409. The third-order valence-corrected chi connectivity index (χ3v) is 10.5. The van der Waals surface area contributed by atoms with Crippen molar-refractivity contribution < 1.29 is 9.22 Å². The molecule has 25 heavy (non-hydrogen) atoms. The number of aldehydes is 1. The first-order valence-corrected chi connectivity index (χ1v) is 11.1. The summed E-state index contributed by atoms with van der Waals surface area (Å²) in [4.78, 5) is 11.6. The van der Waals surface area contributed by atoms with E-state index in [9.17, 15) is 4.79 Å². The van der Waals surface area contributed by atoms with E-state index in [1.807, 2.05) is 0 Å². The first-order chi connectivity index (χ1) is 12.0. The van der Waals surface area contributed by atoms with Gasteiger partial charge in [0.2, 0.25) is 0 Å². The minimum Gasteiger partial charge on any atom is -0.404 e. The van der Waals surface area contributed by atoms with E-state index in [0.29, 0.717) is 0 Å². The molecule has 2 aromatic rings. The van der Waals surface area contributed by atoms with E-state index in [2.05, 4.69) is 81.4 Å². The van der Waals surface area contributed by atoms with Gasteiger partial charge in [0.1, 0.15) is 6.29 Å². The van der Waals surface area contributed by atoms with Crippen LogP contribution in [0, 0.1) is 5.92 Å². The van der Waals surface area contributed by atoms with Gasteiger partial charge in [0.05, 0.1) is 6.10 Å². The number of rotatable bonds is 5. The molecule has 0 bridgehead atoms. The Morgan fingerprint density at radius 1 is 0.920 bits per heavy atom. The van der Waals surface area contributed by atoms with Crippen molar-refractivity contribution >= 4 is 25.0 Å². The van der Waals surface area contributed by atoms with E-state index in [0.717, 1.165) is 25.5 Å². The van der Waals surface area contributed by atoms with Gasteiger partial charge in [-0.2, -0.15) is 0 Å². The van der Waals surface area contributed by atoms with Gasteiger partial charge in [-0.3, -0.25) is 0 Å². The standard InChI is InChI=1S/C22H28O2Si/c1-22(2,3)25(19-12-6-4-7-13-19,20-14-8-5-9-15-20)24-21-16-10-11-18(21)17-23/h4-9,12-15,17-18,21H,10-11,16H2,1-3H3/t18-,21-/m0/s1. The molecule has 2 nitrogen and oxygen atoms in total. The quantitative estimate of drug-likeness (QED) is 0.602. The summed E-state index contributed by atoms with van der Waals surface area (Å²) in [5, 5.41) is 2.53. The third kappa shape index (κ3) is 3.36. The summed E-state index contributed by atoms with van der Waals surface area (Å²) in [6.45, 7) is 6.85. The van der Waals surface area contributed by atoms with E-state index in [-0.39, 0.29) is 17.1 Å². The molecule has 3 rings (SSSR count). The van der Waals surface area contributed by atoms with Crippen molar-refractivity contribution in [1.82, 2.24) is 0 Å². The van der Waals surface area contributed by atoms with Crippen LogP contribution in [0.4, 0.5) is 0 Å². The lowest BCUT2D eigenvalue weighted by molar-refractivity contribution is -0.113. The van der Waals surface area contributed by atoms with E-state index in [4.69, 9.17) is 4.43 Å². The molecule has 1 fully saturated rings. The van der Waals surface area contributed by atoms with Crippen LogP contribution in [0.25, 0.3) is 0 Å². The second-order valence-corrected chi connectivity index (χ2v) is 12.3. The minimum atomic E-state index is -2.53. The molecule has 0 spiro atoms. The van der Waals surface area contributed by atoms with E-state index < -0.39 is 8.32 Å². The van der Waals surface area contributed by atoms with Gasteiger partial charge >= 0.3 is 0 Å². The fourth-order valence-electron chi connectivity index (χ4n) is 4.18. The molecule has 1 aliphatic carbocycles. The molecule has 1 saturated carbocycles. The van der Waals surface area contributed by atoms with Crippen LogP contribution < -0.4 is 10.4 Å². The smallest absolute Gasteiger partial charge is 0.261 e. The van der Waals surface area contributed by atoms with Gasteiger partial charge in [-0.05, 0) is 28.3 Å². The molecule has 2 atom stereocenters. The molecule has 0 saturated heterocycles. The number of benzene rings is 2. The normalized spacial score (nSPS) is 21.2. The summed E-state index contributed by atoms with van der Waals surface area (Å²) in [6.07, 6.45) is 4.14. The summed E-state index contributed by atoms with van der Waals surface area (Å²) in [5.74, 6) is 0.0293. The van der Waals surface area contributed by atoms with Crippen molar-refractivity contribution in [2.45, 2.75) is 51.2 Å². The third-order valence-electron chi connectivity index (χ3n) is 5.42. The molecule has 0 aliphatic heterocycles. The maximum Gasteiger partial charge on any atom is 0.261 e. The van der Waals surface area contributed by atoms with Gasteiger partial charge < -0.3 is 9.22 Å². The highest BCUT2D eigenvalue weighted by Crippen LogP contribution is 2.40. The van der Waals surface area contributed by atoms with Crippen LogP contribution in [0.3, 0.4) is 0 Å². The predicted octanol–water partition coefficient (Wildman–Crippen LogP) is 3.93. The van der Waals surface area contributed by atoms with Gasteiger partial charge in [-0.1, -0.05) is 87.9 Å². The van der Waals surface area contributed by atoms with E-state index in [1.165, 1.54) is 10.4 Å². The van der Waals surface area contributed by atoms with E-state index >= 15 is 0 Å². The van der Waals surface area contributed by atoms with Crippen LogP contribution in [0.5, 0.6) is 0 Å². The lowest BCUT2D eigenvalue weighted by Crippen LogP contribution is -2.68. The van der Waals surface area contributed by atoms with Crippen LogP contribution in [0.2, 0.25) is 5.04 Å². The van der Waals surface area contributed by atoms with Crippen LogP contribution >= 0.6 is 0 Å². The Morgan fingerprint density at radius 3 is 1.88 bits per heavy atom. The van der Waals surface area contributed by atoms with Gasteiger partial charge in [0, 0.05) is 5.92 Å². The van der Waals surface area contributed by atoms with Crippen molar-refractivity contribution in [2.75, 3.05) is 0 Å². The molecule has 0 heterocycles. The van der Waals surface area contributed by atoms with Gasteiger partial charge in [-0.15, -0.1) is 0 Å². The molecule has 0 amide bonds. The number of carbonyl (C=O) groups is 1. The highest BCUT2D eigenvalue weighted by Gasteiger charge is 2.52. The Kier molecular flexibility index (Phi) is 5.26. The monoisotopic (exact) mass is 352 g/mol. The highest BCUT2D eigenvalue weighted by molar-refractivity contribution is 6.99. The Bertz CT molecular complexity index is 651. The van der Waals surface area contributed by atoms with E-state index in [1.54, 1.807) is 0 Å². The molecule has 0 aromatic heterocycles. The molecule has 132 valence electrons. The molecule has 0 radical (unpaired) electrons. The van der Waals surface area contributed by atoms with Gasteiger partial charge in [-0.25, -0.2) is 0 Å². The van der Waals surface area contributed by atoms with Crippen molar-refractivity contribution in [3.8, 4) is 0 Å². The topological polar surface area (TPSA) is 26.3 Å². The highest BCUT2D eigenvalue weighted by atomic mass is 28.4. The minimum absolute atomic E-state index is 0.0293. The second-order valence-electron chi connectivity index (χ2n) is 8.05. The molecule has 2 aromatic carbocycles. The zero-order valence-corrected chi connectivity index (χ0v) is 16.4. The zero-order chi connectivity index (χ0) is 17.9. The molecular formula is C22H28O2Si. The average molecular weight is 353 g/mol.